The fraction of sp³-hybridized carbons (Fsp3) is 0.250. The third kappa shape index (κ3) is 5.37. The molecule has 0 saturated heterocycles. The first-order valence-electron chi connectivity index (χ1n) is 7.05. The minimum absolute atomic E-state index is 0.102. The van der Waals surface area contributed by atoms with E-state index in [1.165, 1.54) is 18.7 Å². The third-order valence-corrected chi connectivity index (χ3v) is 3.87. The minimum atomic E-state index is -0.201. The van der Waals surface area contributed by atoms with Gasteiger partial charge in [0.25, 0.3) is 0 Å². The Morgan fingerprint density at radius 3 is 2.48 bits per heavy atom. The molecule has 0 aliphatic rings. The molecule has 2 amide bonds. The molecule has 0 radical (unpaired) electrons. The maximum atomic E-state index is 12.0. The lowest BCUT2D eigenvalue weighted by molar-refractivity contribution is -0.114. The van der Waals surface area contributed by atoms with Crippen LogP contribution in [-0.2, 0) is 9.59 Å². The van der Waals surface area contributed by atoms with Crippen LogP contribution in [0.4, 0.5) is 11.5 Å². The fourth-order valence-electron chi connectivity index (χ4n) is 1.92. The molecule has 1 aromatic heterocycles. The first-order valence-corrected chi connectivity index (χ1v) is 8.04. The number of aryl methyl sites for hydroxylation is 2. The highest BCUT2D eigenvalue weighted by atomic mass is 32.2. The number of carbonyl (C=O) groups is 2. The van der Waals surface area contributed by atoms with Gasteiger partial charge in [-0.05, 0) is 37.6 Å². The zero-order chi connectivity index (χ0) is 16.8. The highest BCUT2D eigenvalue weighted by Gasteiger charge is 2.07. The first kappa shape index (κ1) is 17.0. The Kier molecular flexibility index (Phi) is 5.70. The Morgan fingerprint density at radius 1 is 1.09 bits per heavy atom. The highest BCUT2D eigenvalue weighted by Crippen LogP contribution is 2.18. The van der Waals surface area contributed by atoms with Crippen molar-refractivity contribution < 1.29 is 9.59 Å². The molecule has 0 atom stereocenters. The van der Waals surface area contributed by atoms with Crippen LogP contribution in [0.25, 0.3) is 0 Å². The van der Waals surface area contributed by atoms with Gasteiger partial charge in [-0.25, -0.2) is 0 Å². The van der Waals surface area contributed by atoms with Crippen molar-refractivity contribution in [1.82, 2.24) is 10.2 Å². The van der Waals surface area contributed by atoms with Gasteiger partial charge >= 0.3 is 0 Å². The standard InChI is InChI=1S/C16H18N4O2S/c1-10-4-5-13(11(2)8-10)18-15(22)9-23-16-7-6-14(19-20-16)17-12(3)21/h4-8H,9H2,1-3H3,(H,18,22)(H,17,19,21). The average molecular weight is 330 g/mol. The van der Waals surface area contributed by atoms with Crippen LogP contribution in [0.2, 0.25) is 0 Å². The van der Waals surface area contributed by atoms with Crippen molar-refractivity contribution in [2.45, 2.75) is 25.8 Å². The molecule has 23 heavy (non-hydrogen) atoms. The van der Waals surface area contributed by atoms with E-state index in [0.717, 1.165) is 16.8 Å². The molecular weight excluding hydrogens is 312 g/mol. The lowest BCUT2D eigenvalue weighted by Crippen LogP contribution is -2.15. The molecule has 0 saturated carbocycles. The van der Waals surface area contributed by atoms with E-state index in [1.807, 2.05) is 32.0 Å². The molecule has 0 aliphatic carbocycles. The van der Waals surface area contributed by atoms with Crippen LogP contribution < -0.4 is 10.6 Å². The van der Waals surface area contributed by atoms with Crippen molar-refractivity contribution in [3.8, 4) is 0 Å². The Labute approximate surface area is 139 Å². The zero-order valence-electron chi connectivity index (χ0n) is 13.2. The second kappa shape index (κ2) is 7.73. The summed E-state index contributed by atoms with van der Waals surface area (Å²) in [4.78, 5) is 22.9. The van der Waals surface area contributed by atoms with Gasteiger partial charge in [-0.1, -0.05) is 29.5 Å². The van der Waals surface area contributed by atoms with Gasteiger partial charge in [0, 0.05) is 12.6 Å². The summed E-state index contributed by atoms with van der Waals surface area (Å²) >= 11 is 1.29. The third-order valence-electron chi connectivity index (χ3n) is 2.95. The smallest absolute Gasteiger partial charge is 0.234 e. The summed E-state index contributed by atoms with van der Waals surface area (Å²) in [6, 6.07) is 9.25. The molecule has 1 heterocycles. The summed E-state index contributed by atoms with van der Waals surface area (Å²) in [7, 11) is 0. The SMILES string of the molecule is CC(=O)Nc1ccc(SCC(=O)Nc2ccc(C)cc2C)nn1. The van der Waals surface area contributed by atoms with Gasteiger partial charge in [0.1, 0.15) is 5.03 Å². The number of hydrogen-bond donors (Lipinski definition) is 2. The van der Waals surface area contributed by atoms with Crippen molar-refractivity contribution >= 4 is 35.1 Å². The van der Waals surface area contributed by atoms with Crippen molar-refractivity contribution in [3.05, 3.63) is 41.5 Å². The molecule has 2 rings (SSSR count). The van der Waals surface area contributed by atoms with E-state index in [-0.39, 0.29) is 17.6 Å². The largest absolute Gasteiger partial charge is 0.325 e. The van der Waals surface area contributed by atoms with Crippen molar-refractivity contribution in [1.29, 1.82) is 0 Å². The number of aromatic nitrogens is 2. The van der Waals surface area contributed by atoms with Gasteiger partial charge in [0.15, 0.2) is 5.82 Å². The molecular formula is C16H18N4O2S. The summed E-state index contributed by atoms with van der Waals surface area (Å²) < 4.78 is 0. The van der Waals surface area contributed by atoms with E-state index < -0.39 is 0 Å². The number of carbonyl (C=O) groups excluding carboxylic acids is 2. The number of hydrogen-bond acceptors (Lipinski definition) is 5. The second-order valence-corrected chi connectivity index (χ2v) is 6.09. The van der Waals surface area contributed by atoms with Gasteiger partial charge < -0.3 is 10.6 Å². The van der Waals surface area contributed by atoms with Gasteiger partial charge in [-0.2, -0.15) is 0 Å². The van der Waals surface area contributed by atoms with Gasteiger partial charge in [0.05, 0.1) is 5.75 Å². The van der Waals surface area contributed by atoms with Crippen LogP contribution in [0, 0.1) is 13.8 Å². The normalized spacial score (nSPS) is 10.2. The van der Waals surface area contributed by atoms with E-state index >= 15 is 0 Å². The van der Waals surface area contributed by atoms with E-state index in [1.54, 1.807) is 12.1 Å². The van der Waals surface area contributed by atoms with Crippen LogP contribution in [0.5, 0.6) is 0 Å². The van der Waals surface area contributed by atoms with Crippen molar-refractivity contribution in [3.63, 3.8) is 0 Å². The van der Waals surface area contributed by atoms with Crippen molar-refractivity contribution in [2.75, 3.05) is 16.4 Å². The zero-order valence-corrected chi connectivity index (χ0v) is 14.0. The summed E-state index contributed by atoms with van der Waals surface area (Å²) in [6.45, 7) is 5.38. The molecule has 0 bridgehead atoms. The van der Waals surface area contributed by atoms with Crippen LogP contribution in [0.15, 0.2) is 35.4 Å². The molecule has 2 aromatic rings. The monoisotopic (exact) mass is 330 g/mol. The van der Waals surface area contributed by atoms with E-state index in [0.29, 0.717) is 10.8 Å². The number of nitrogens with zero attached hydrogens (tertiary/aromatic N) is 2. The molecule has 0 aliphatic heterocycles. The quantitative estimate of drug-likeness (QED) is 0.824. The van der Waals surface area contributed by atoms with Crippen molar-refractivity contribution in [2.24, 2.45) is 0 Å². The fourth-order valence-corrected chi connectivity index (χ4v) is 2.54. The summed E-state index contributed by atoms with van der Waals surface area (Å²) in [5.74, 6) is 0.324. The van der Waals surface area contributed by atoms with Gasteiger partial charge in [0.2, 0.25) is 11.8 Å². The lowest BCUT2D eigenvalue weighted by Gasteiger charge is -2.08. The summed E-state index contributed by atoms with van der Waals surface area (Å²) in [5.41, 5.74) is 3.00. The molecule has 2 N–H and O–H groups in total. The van der Waals surface area contributed by atoms with E-state index in [4.69, 9.17) is 0 Å². The number of rotatable bonds is 5. The Morgan fingerprint density at radius 2 is 1.87 bits per heavy atom. The number of anilines is 2. The van der Waals surface area contributed by atoms with Gasteiger partial charge in [-0.15, -0.1) is 10.2 Å². The molecule has 6 nitrogen and oxygen atoms in total. The minimum Gasteiger partial charge on any atom is -0.325 e. The second-order valence-electron chi connectivity index (χ2n) is 5.09. The van der Waals surface area contributed by atoms with Crippen LogP contribution in [0.1, 0.15) is 18.1 Å². The summed E-state index contributed by atoms with van der Waals surface area (Å²) in [5, 5.41) is 13.9. The maximum Gasteiger partial charge on any atom is 0.234 e. The summed E-state index contributed by atoms with van der Waals surface area (Å²) in [6.07, 6.45) is 0. The first-order chi connectivity index (χ1) is 10.9. The average Bonchev–Trinajstić information content (AvgIpc) is 2.49. The topological polar surface area (TPSA) is 84.0 Å². The molecule has 0 unspecified atom stereocenters. The highest BCUT2D eigenvalue weighted by molar-refractivity contribution is 7.99. The Balaban J connectivity index is 1.87. The number of nitrogens with one attached hydrogen (secondary N) is 2. The van der Waals surface area contributed by atoms with E-state index in [9.17, 15) is 9.59 Å². The molecule has 1 aromatic carbocycles. The van der Waals surface area contributed by atoms with Gasteiger partial charge in [-0.3, -0.25) is 9.59 Å². The van der Waals surface area contributed by atoms with Crippen LogP contribution in [0.3, 0.4) is 0 Å². The predicted molar refractivity (Wildman–Crippen MR) is 91.6 cm³/mol. The van der Waals surface area contributed by atoms with Crippen LogP contribution in [-0.4, -0.2) is 27.8 Å². The van der Waals surface area contributed by atoms with Crippen LogP contribution >= 0.6 is 11.8 Å². The Bertz CT molecular complexity index is 717. The Hall–Kier alpha value is -2.41. The molecule has 0 fully saturated rings. The maximum absolute atomic E-state index is 12.0. The number of thioether (sulfide) groups is 1. The number of benzene rings is 1. The molecule has 120 valence electrons. The number of amides is 2. The lowest BCUT2D eigenvalue weighted by atomic mass is 10.1. The van der Waals surface area contributed by atoms with E-state index in [2.05, 4.69) is 20.8 Å². The molecule has 0 spiro atoms. The molecule has 7 heteroatoms. The predicted octanol–water partition coefficient (Wildman–Crippen LogP) is 2.78.